The second-order valence-electron chi connectivity index (χ2n) is 2.21. The zero-order valence-electron chi connectivity index (χ0n) is 7.58. The average Bonchev–Trinajstić information content (AvgIpc) is 2.29. The summed E-state index contributed by atoms with van der Waals surface area (Å²) in [5.74, 6) is 0. The van der Waals surface area contributed by atoms with E-state index in [1.165, 1.54) is 0 Å². The molecule has 0 heterocycles. The molecule has 0 amide bonds. The van der Waals surface area contributed by atoms with E-state index in [1.54, 1.807) is 30.3 Å². The summed E-state index contributed by atoms with van der Waals surface area (Å²) in [6.07, 6.45) is 0. The Morgan fingerprint density at radius 1 is 1.36 bits per heavy atom. The van der Waals surface area contributed by atoms with Crippen LogP contribution in [0.3, 0.4) is 0 Å². The van der Waals surface area contributed by atoms with Crippen molar-refractivity contribution in [2.75, 3.05) is 13.2 Å². The van der Waals surface area contributed by atoms with Gasteiger partial charge in [0.1, 0.15) is 0 Å². The van der Waals surface area contributed by atoms with Crippen molar-refractivity contribution in [2.45, 2.75) is 0 Å². The van der Waals surface area contributed by atoms with Crippen LogP contribution in [0.5, 0.6) is 0 Å². The van der Waals surface area contributed by atoms with E-state index in [9.17, 15) is 5.21 Å². The van der Waals surface area contributed by atoms with Crippen LogP contribution < -0.4 is 5.73 Å². The van der Waals surface area contributed by atoms with E-state index in [2.05, 4.69) is 5.28 Å². The fourth-order valence-corrected chi connectivity index (χ4v) is 0.607. The molecular weight excluding hydrogens is 186 g/mol. The Kier molecular flexibility index (Phi) is 7.02. The van der Waals surface area contributed by atoms with Crippen LogP contribution in [0.25, 0.3) is 0 Å². The maximum atomic E-state index is 10.5. The van der Waals surface area contributed by atoms with Crippen LogP contribution in [0.1, 0.15) is 0 Å². The molecule has 0 aromatic heterocycles. The largest absolute Gasteiger partial charge is 0.592 e. The molecule has 0 radical (unpaired) electrons. The first-order chi connectivity index (χ1) is 6.76. The molecule has 0 aliphatic heterocycles. The fraction of sp³-hybridized carbons (Fsp3) is 0.250. The van der Waals surface area contributed by atoms with Crippen molar-refractivity contribution >= 4 is 5.69 Å². The summed E-state index contributed by atoms with van der Waals surface area (Å²) < 4.78 is 0. The van der Waals surface area contributed by atoms with E-state index in [-0.39, 0.29) is 11.5 Å². The van der Waals surface area contributed by atoms with Crippen molar-refractivity contribution < 1.29 is 15.2 Å². The zero-order chi connectivity index (χ0) is 10.8. The standard InChI is InChI=1S/C6H6N2O2.C2H7NO/c9-7-8(10)6-4-2-1-3-5-6;3-1-2-4/h1-5,9H;4H,1-3H2. The topological polar surface area (TPSA) is 105 Å². The van der Waals surface area contributed by atoms with Crippen LogP contribution in [0.2, 0.25) is 0 Å². The van der Waals surface area contributed by atoms with Crippen molar-refractivity contribution in [1.82, 2.24) is 0 Å². The van der Waals surface area contributed by atoms with E-state index in [1.807, 2.05) is 0 Å². The van der Waals surface area contributed by atoms with Crippen molar-refractivity contribution in [2.24, 2.45) is 11.0 Å². The monoisotopic (exact) mass is 199 g/mol. The molecule has 6 nitrogen and oxygen atoms in total. The molecule has 0 spiro atoms. The summed E-state index contributed by atoms with van der Waals surface area (Å²) in [7, 11) is 0. The molecule has 0 unspecified atom stereocenters. The van der Waals surface area contributed by atoms with Gasteiger partial charge in [0, 0.05) is 18.7 Å². The Bertz CT molecular complexity index is 262. The predicted molar refractivity (Wildman–Crippen MR) is 50.1 cm³/mol. The Morgan fingerprint density at radius 2 is 1.86 bits per heavy atom. The molecule has 0 fully saturated rings. The van der Waals surface area contributed by atoms with Gasteiger partial charge < -0.3 is 21.3 Å². The molecule has 0 aliphatic rings. The normalized spacial score (nSPS) is 10.3. The van der Waals surface area contributed by atoms with Gasteiger partial charge in [-0.15, -0.1) is 0 Å². The SMILES string of the molecule is NCCO.[O-][N+](=NO)c1ccccc1. The lowest BCUT2D eigenvalue weighted by molar-refractivity contribution is -0.473. The molecule has 14 heavy (non-hydrogen) atoms. The molecule has 0 saturated heterocycles. The van der Waals surface area contributed by atoms with E-state index in [0.29, 0.717) is 12.2 Å². The molecule has 0 bridgehead atoms. The third-order valence-electron chi connectivity index (χ3n) is 1.19. The van der Waals surface area contributed by atoms with Crippen LogP contribution >= 0.6 is 0 Å². The number of rotatable bonds is 2. The minimum atomic E-state index is 0.0972. The number of hydrogen-bond acceptors (Lipinski definition) is 4. The Labute approximate surface area is 81.5 Å². The summed E-state index contributed by atoms with van der Waals surface area (Å²) in [5, 5.41) is 28.7. The summed E-state index contributed by atoms with van der Waals surface area (Å²) in [6.45, 7) is 0.472. The highest BCUT2D eigenvalue weighted by molar-refractivity contribution is 5.27. The van der Waals surface area contributed by atoms with Crippen LogP contribution in [0.15, 0.2) is 35.6 Å². The van der Waals surface area contributed by atoms with Crippen LogP contribution in [0, 0.1) is 5.21 Å². The first kappa shape index (κ1) is 12.3. The predicted octanol–water partition coefficient (Wildman–Crippen LogP) is 0.607. The minimum Gasteiger partial charge on any atom is -0.592 e. The van der Waals surface area contributed by atoms with Gasteiger partial charge in [0.2, 0.25) is 11.0 Å². The van der Waals surface area contributed by atoms with E-state index < -0.39 is 0 Å². The van der Waals surface area contributed by atoms with Gasteiger partial charge in [0.15, 0.2) is 0 Å². The summed E-state index contributed by atoms with van der Waals surface area (Å²) >= 11 is 0. The number of nitrogens with two attached hydrogens (primary N) is 1. The first-order valence-corrected chi connectivity index (χ1v) is 3.94. The summed E-state index contributed by atoms with van der Waals surface area (Å²) in [5.41, 5.74) is 5.09. The van der Waals surface area contributed by atoms with Gasteiger partial charge in [0.05, 0.1) is 6.61 Å². The minimum absolute atomic E-state index is 0.0972. The second-order valence-corrected chi connectivity index (χ2v) is 2.21. The van der Waals surface area contributed by atoms with Gasteiger partial charge in [-0.05, 0) is 4.86 Å². The van der Waals surface area contributed by atoms with Crippen molar-refractivity contribution in [3.63, 3.8) is 0 Å². The molecule has 1 aromatic rings. The molecule has 1 rings (SSSR count). The van der Waals surface area contributed by atoms with Crippen LogP contribution in [0.4, 0.5) is 5.69 Å². The number of aliphatic hydroxyl groups excluding tert-OH is 1. The van der Waals surface area contributed by atoms with Gasteiger partial charge in [0.25, 0.3) is 0 Å². The maximum absolute atomic E-state index is 10.5. The molecule has 1 aromatic carbocycles. The van der Waals surface area contributed by atoms with Crippen molar-refractivity contribution in [3.05, 3.63) is 35.5 Å². The molecule has 6 heteroatoms. The summed E-state index contributed by atoms with van der Waals surface area (Å²) in [6, 6.07) is 8.24. The third-order valence-corrected chi connectivity index (χ3v) is 1.19. The number of hydrogen-bond donors (Lipinski definition) is 3. The van der Waals surface area contributed by atoms with Crippen LogP contribution in [-0.4, -0.2) is 28.3 Å². The highest BCUT2D eigenvalue weighted by atomic mass is 16.6. The first-order valence-electron chi connectivity index (χ1n) is 3.94. The van der Waals surface area contributed by atoms with Gasteiger partial charge in [-0.25, -0.2) is 0 Å². The Morgan fingerprint density at radius 3 is 2.21 bits per heavy atom. The lowest BCUT2D eigenvalue weighted by atomic mass is 10.3. The van der Waals surface area contributed by atoms with E-state index >= 15 is 0 Å². The molecule has 0 aliphatic carbocycles. The van der Waals surface area contributed by atoms with E-state index in [0.717, 1.165) is 0 Å². The number of para-hydroxylation sites is 1. The average molecular weight is 199 g/mol. The molecular formula is C8H13N3O3. The number of aliphatic hydroxyl groups is 1. The maximum Gasteiger partial charge on any atom is 0.248 e. The Balaban J connectivity index is 0.000000364. The van der Waals surface area contributed by atoms with Crippen molar-refractivity contribution in [1.29, 1.82) is 0 Å². The molecule has 4 N–H and O–H groups in total. The zero-order valence-corrected chi connectivity index (χ0v) is 7.58. The van der Waals surface area contributed by atoms with Crippen LogP contribution in [-0.2, 0) is 0 Å². The molecule has 0 saturated carbocycles. The van der Waals surface area contributed by atoms with E-state index in [4.69, 9.17) is 16.0 Å². The van der Waals surface area contributed by atoms with Gasteiger partial charge in [-0.3, -0.25) is 0 Å². The third kappa shape index (κ3) is 5.07. The number of benzene rings is 1. The lowest BCUT2D eigenvalue weighted by Gasteiger charge is -1.93. The van der Waals surface area contributed by atoms with Gasteiger partial charge >= 0.3 is 0 Å². The van der Waals surface area contributed by atoms with Gasteiger partial charge in [-0.1, -0.05) is 18.2 Å². The summed E-state index contributed by atoms with van der Waals surface area (Å²) in [4.78, 5) is 0.139. The lowest BCUT2D eigenvalue weighted by Crippen LogP contribution is -2.02. The second kappa shape index (κ2) is 7.96. The highest BCUT2D eigenvalue weighted by Gasteiger charge is 1.98. The van der Waals surface area contributed by atoms with Gasteiger partial charge in [-0.2, -0.15) is 0 Å². The molecule has 78 valence electrons. The Hall–Kier alpha value is -1.66. The quantitative estimate of drug-likeness (QED) is 0.368. The van der Waals surface area contributed by atoms with Crippen molar-refractivity contribution in [3.8, 4) is 0 Å². The smallest absolute Gasteiger partial charge is 0.248 e. The molecule has 0 atom stereocenters. The fourth-order valence-electron chi connectivity index (χ4n) is 0.607. The number of nitrogens with zero attached hydrogens (tertiary/aromatic N) is 2. The highest BCUT2D eigenvalue weighted by Crippen LogP contribution is 2.08.